The highest BCUT2D eigenvalue weighted by Gasteiger charge is 2.17. The smallest absolute Gasteiger partial charge is 0.253 e. The molecule has 0 aliphatic carbocycles. The van der Waals surface area contributed by atoms with Crippen molar-refractivity contribution < 1.29 is 19.1 Å². The summed E-state index contributed by atoms with van der Waals surface area (Å²) in [5, 5.41) is 5.98. The van der Waals surface area contributed by atoms with E-state index in [2.05, 4.69) is 10.6 Å². The summed E-state index contributed by atoms with van der Waals surface area (Å²) in [6, 6.07) is 14.7. The Morgan fingerprint density at radius 2 is 1.61 bits per heavy atom. The number of benzene rings is 2. The van der Waals surface area contributed by atoms with Crippen molar-refractivity contribution in [1.82, 2.24) is 4.90 Å². The summed E-state index contributed by atoms with van der Waals surface area (Å²) in [7, 11) is 0. The van der Waals surface area contributed by atoms with Crippen LogP contribution in [0.5, 0.6) is 5.75 Å². The van der Waals surface area contributed by atoms with Crippen molar-refractivity contribution in [2.45, 2.75) is 44.6 Å². The van der Waals surface area contributed by atoms with Crippen molar-refractivity contribution in [3.8, 4) is 5.75 Å². The molecule has 0 bridgehead atoms. The number of nitrogens with zero attached hydrogens (tertiary/aromatic N) is 1. The number of anilines is 2. The summed E-state index contributed by atoms with van der Waals surface area (Å²) < 4.78 is 11.3. The van der Waals surface area contributed by atoms with E-state index in [9.17, 15) is 9.59 Å². The molecule has 2 saturated heterocycles. The molecule has 1 unspecified atom stereocenters. The van der Waals surface area contributed by atoms with E-state index < -0.39 is 0 Å². The van der Waals surface area contributed by atoms with Crippen LogP contribution in [-0.2, 0) is 9.53 Å². The van der Waals surface area contributed by atoms with Gasteiger partial charge in [-0.05, 0) is 74.2 Å². The quantitative estimate of drug-likeness (QED) is 0.625. The van der Waals surface area contributed by atoms with Gasteiger partial charge in [0, 0.05) is 36.6 Å². The second-order valence-corrected chi connectivity index (χ2v) is 8.66. The first-order valence-corrected chi connectivity index (χ1v) is 11.9. The van der Waals surface area contributed by atoms with E-state index >= 15 is 0 Å². The molecule has 1 atom stereocenters. The molecule has 0 spiro atoms. The maximum absolute atomic E-state index is 12.7. The number of amides is 2. The van der Waals surface area contributed by atoms with E-state index in [1.54, 1.807) is 24.3 Å². The van der Waals surface area contributed by atoms with Crippen LogP contribution in [0.1, 0.15) is 48.9 Å². The molecule has 33 heavy (non-hydrogen) atoms. The molecule has 2 aliphatic rings. The fraction of sp³-hybridized carbons (Fsp3) is 0.462. The van der Waals surface area contributed by atoms with Crippen molar-refractivity contribution in [2.24, 2.45) is 0 Å². The Morgan fingerprint density at radius 1 is 0.909 bits per heavy atom. The van der Waals surface area contributed by atoms with Crippen molar-refractivity contribution in [2.75, 3.05) is 43.5 Å². The Labute approximate surface area is 195 Å². The highest BCUT2D eigenvalue weighted by molar-refractivity contribution is 5.96. The molecule has 0 aromatic heterocycles. The molecule has 7 heteroatoms. The summed E-state index contributed by atoms with van der Waals surface area (Å²) in [5.74, 6) is 0.704. The Kier molecular flexibility index (Phi) is 8.19. The lowest BCUT2D eigenvalue weighted by Crippen LogP contribution is -2.31. The maximum Gasteiger partial charge on any atom is 0.253 e. The summed E-state index contributed by atoms with van der Waals surface area (Å²) in [5.41, 5.74) is 2.18. The van der Waals surface area contributed by atoms with E-state index in [-0.39, 0.29) is 24.5 Å². The topological polar surface area (TPSA) is 79.9 Å². The minimum Gasteiger partial charge on any atom is -0.491 e. The van der Waals surface area contributed by atoms with Crippen LogP contribution in [0.2, 0.25) is 0 Å². The normalized spacial score (nSPS) is 18.4. The molecule has 7 nitrogen and oxygen atoms in total. The van der Waals surface area contributed by atoms with E-state index in [1.807, 2.05) is 29.2 Å². The van der Waals surface area contributed by atoms with Gasteiger partial charge in [-0.1, -0.05) is 12.8 Å². The fourth-order valence-electron chi connectivity index (χ4n) is 4.17. The average Bonchev–Trinajstić information content (AvgIpc) is 3.22. The van der Waals surface area contributed by atoms with Crippen molar-refractivity contribution >= 4 is 23.2 Å². The van der Waals surface area contributed by atoms with E-state index in [0.29, 0.717) is 17.9 Å². The fourth-order valence-corrected chi connectivity index (χ4v) is 4.17. The van der Waals surface area contributed by atoms with Gasteiger partial charge in [-0.15, -0.1) is 0 Å². The molecule has 2 amide bonds. The lowest BCUT2D eigenvalue weighted by Gasteiger charge is -2.20. The monoisotopic (exact) mass is 451 g/mol. The van der Waals surface area contributed by atoms with Crippen LogP contribution in [0.4, 0.5) is 11.4 Å². The largest absolute Gasteiger partial charge is 0.491 e. The minimum atomic E-state index is -0.152. The second-order valence-electron chi connectivity index (χ2n) is 8.66. The molecule has 2 aliphatic heterocycles. The van der Waals surface area contributed by atoms with Crippen LogP contribution in [0, 0.1) is 0 Å². The molecule has 4 rings (SSSR count). The van der Waals surface area contributed by atoms with Gasteiger partial charge >= 0.3 is 0 Å². The van der Waals surface area contributed by atoms with Gasteiger partial charge in [0.25, 0.3) is 5.91 Å². The van der Waals surface area contributed by atoms with Crippen molar-refractivity contribution in [3.05, 3.63) is 54.1 Å². The lowest BCUT2D eigenvalue weighted by molar-refractivity contribution is -0.114. The standard InChI is InChI=1S/C26H33N3O4/c30-25(18-27-21-11-13-23(14-12-21)33-19-24-6-5-17-32-24)28-22-9-7-20(8-10-22)26(31)29-15-3-1-2-4-16-29/h7-14,24,27H,1-6,15-19H2,(H,28,30). The van der Waals surface area contributed by atoms with Gasteiger partial charge in [0.15, 0.2) is 0 Å². The summed E-state index contributed by atoms with van der Waals surface area (Å²) in [4.78, 5) is 26.9. The highest BCUT2D eigenvalue weighted by atomic mass is 16.5. The average molecular weight is 452 g/mol. The van der Waals surface area contributed by atoms with Gasteiger partial charge in [-0.2, -0.15) is 0 Å². The number of carbonyl (C=O) groups excluding carboxylic acids is 2. The van der Waals surface area contributed by atoms with Crippen molar-refractivity contribution in [3.63, 3.8) is 0 Å². The first-order valence-electron chi connectivity index (χ1n) is 11.9. The van der Waals surface area contributed by atoms with Gasteiger partial charge in [0.05, 0.1) is 12.6 Å². The van der Waals surface area contributed by atoms with Crippen LogP contribution in [0.15, 0.2) is 48.5 Å². The lowest BCUT2D eigenvalue weighted by atomic mass is 10.1. The SMILES string of the molecule is O=C(CNc1ccc(OCC2CCCO2)cc1)Nc1ccc(C(=O)N2CCCCCC2)cc1. The summed E-state index contributed by atoms with van der Waals surface area (Å²) in [6.45, 7) is 3.18. The number of likely N-dealkylation sites (tertiary alicyclic amines) is 1. The number of carbonyl (C=O) groups is 2. The highest BCUT2D eigenvalue weighted by Crippen LogP contribution is 2.19. The van der Waals surface area contributed by atoms with E-state index in [0.717, 1.165) is 56.8 Å². The second kappa shape index (κ2) is 11.7. The first-order chi connectivity index (χ1) is 16.2. The molecule has 2 heterocycles. The Morgan fingerprint density at radius 3 is 2.27 bits per heavy atom. The number of hydrogen-bond donors (Lipinski definition) is 2. The predicted octanol–water partition coefficient (Wildman–Crippen LogP) is 4.31. The van der Waals surface area contributed by atoms with Gasteiger partial charge in [0.2, 0.25) is 5.91 Å². The molecule has 0 radical (unpaired) electrons. The third kappa shape index (κ3) is 6.96. The zero-order valence-corrected chi connectivity index (χ0v) is 19.1. The third-order valence-electron chi connectivity index (χ3n) is 6.08. The van der Waals surface area contributed by atoms with Gasteiger partial charge in [-0.25, -0.2) is 0 Å². The van der Waals surface area contributed by atoms with Gasteiger partial charge < -0.3 is 25.0 Å². The zero-order valence-electron chi connectivity index (χ0n) is 19.1. The maximum atomic E-state index is 12.7. The van der Waals surface area contributed by atoms with Crippen LogP contribution in [0.3, 0.4) is 0 Å². The zero-order chi connectivity index (χ0) is 22.9. The minimum absolute atomic E-state index is 0.0691. The Balaban J connectivity index is 1.20. The van der Waals surface area contributed by atoms with Crippen LogP contribution in [0.25, 0.3) is 0 Å². The summed E-state index contributed by atoms with van der Waals surface area (Å²) in [6.07, 6.45) is 6.85. The van der Waals surface area contributed by atoms with Crippen LogP contribution < -0.4 is 15.4 Å². The predicted molar refractivity (Wildman–Crippen MR) is 129 cm³/mol. The molecule has 2 aromatic rings. The number of hydrogen-bond acceptors (Lipinski definition) is 5. The molecular formula is C26H33N3O4. The molecule has 0 saturated carbocycles. The number of ether oxygens (including phenoxy) is 2. The number of nitrogens with one attached hydrogen (secondary N) is 2. The third-order valence-corrected chi connectivity index (χ3v) is 6.08. The van der Waals surface area contributed by atoms with Gasteiger partial charge in [-0.3, -0.25) is 9.59 Å². The Bertz CT molecular complexity index is 900. The molecular weight excluding hydrogens is 418 g/mol. The van der Waals surface area contributed by atoms with E-state index in [4.69, 9.17) is 9.47 Å². The molecule has 2 aromatic carbocycles. The number of rotatable bonds is 8. The first kappa shape index (κ1) is 23.1. The summed E-state index contributed by atoms with van der Waals surface area (Å²) >= 11 is 0. The van der Waals surface area contributed by atoms with Crippen molar-refractivity contribution in [1.29, 1.82) is 0 Å². The van der Waals surface area contributed by atoms with Gasteiger partial charge in [0.1, 0.15) is 12.4 Å². The molecule has 2 fully saturated rings. The molecule has 2 N–H and O–H groups in total. The van der Waals surface area contributed by atoms with Crippen LogP contribution in [-0.4, -0.2) is 55.7 Å². The van der Waals surface area contributed by atoms with Crippen LogP contribution >= 0.6 is 0 Å². The Hall–Kier alpha value is -3.06. The molecule has 176 valence electrons. The van der Waals surface area contributed by atoms with E-state index in [1.165, 1.54) is 12.8 Å².